The van der Waals surface area contributed by atoms with E-state index in [0.717, 1.165) is 0 Å². The number of likely N-dealkylation sites (N-methyl/N-ethyl adjacent to an activating group) is 1. The molecule has 2 N–H and O–H groups in total. The van der Waals surface area contributed by atoms with Gasteiger partial charge in [0.05, 0.1) is 17.8 Å². The van der Waals surface area contributed by atoms with Gasteiger partial charge in [-0.2, -0.15) is 0 Å². The minimum atomic E-state index is -0.256. The summed E-state index contributed by atoms with van der Waals surface area (Å²) in [6, 6.07) is 10.7. The number of aryl methyl sites for hydroxylation is 1. The summed E-state index contributed by atoms with van der Waals surface area (Å²) in [5, 5.41) is 1.05. The van der Waals surface area contributed by atoms with Crippen LogP contribution in [0.4, 0.5) is 5.82 Å². The molecular weight excluding hydrogens is 387 g/mol. The van der Waals surface area contributed by atoms with Gasteiger partial charge in [0.15, 0.2) is 5.82 Å². The molecule has 0 aliphatic carbocycles. The number of hydrogen-bond donors (Lipinski definition) is 1. The number of hydrogen-bond acceptors (Lipinski definition) is 5. The summed E-state index contributed by atoms with van der Waals surface area (Å²) in [6.07, 6.45) is 0. The van der Waals surface area contributed by atoms with Crippen LogP contribution in [-0.4, -0.2) is 29.5 Å². The first-order valence-corrected chi connectivity index (χ1v) is 8.97. The number of halogens is 2. The van der Waals surface area contributed by atoms with E-state index in [9.17, 15) is 4.79 Å². The van der Waals surface area contributed by atoms with Crippen molar-refractivity contribution in [2.24, 2.45) is 5.73 Å². The largest absolute Gasteiger partial charge is 0.486 e. The number of amides is 1. The summed E-state index contributed by atoms with van der Waals surface area (Å²) < 4.78 is 5.93. The first-order valence-electron chi connectivity index (χ1n) is 8.22. The average Bonchev–Trinajstić information content (AvgIpc) is 2.65. The monoisotopic (exact) mass is 404 g/mol. The highest BCUT2D eigenvalue weighted by molar-refractivity contribution is 6.35. The third kappa shape index (κ3) is 3.98. The van der Waals surface area contributed by atoms with Gasteiger partial charge in [0.25, 0.3) is 0 Å². The smallest absolute Gasteiger partial charge is 0.241 e. The number of para-hydroxylation sites is 1. The predicted molar refractivity (Wildman–Crippen MR) is 108 cm³/mol. The summed E-state index contributed by atoms with van der Waals surface area (Å²) in [4.78, 5) is 22.5. The molecule has 0 aliphatic rings. The minimum absolute atomic E-state index is 0.112. The van der Waals surface area contributed by atoms with Gasteiger partial charge in [-0.3, -0.25) is 9.69 Å². The van der Waals surface area contributed by atoms with Gasteiger partial charge in [-0.1, -0.05) is 35.3 Å². The molecule has 2 aromatic carbocycles. The van der Waals surface area contributed by atoms with Crippen molar-refractivity contribution in [1.82, 2.24) is 9.97 Å². The number of benzene rings is 2. The van der Waals surface area contributed by atoms with Crippen LogP contribution >= 0.6 is 23.2 Å². The number of carbonyl (C=O) groups is 1. The summed E-state index contributed by atoms with van der Waals surface area (Å²) in [5.41, 5.74) is 7.97. The van der Waals surface area contributed by atoms with E-state index in [2.05, 4.69) is 9.97 Å². The Balaban J connectivity index is 1.99. The Kier molecular flexibility index (Phi) is 5.79. The zero-order valence-electron chi connectivity index (χ0n) is 14.9. The van der Waals surface area contributed by atoms with Crippen molar-refractivity contribution in [3.63, 3.8) is 0 Å². The van der Waals surface area contributed by atoms with E-state index < -0.39 is 0 Å². The normalized spacial score (nSPS) is 10.9. The molecule has 0 aliphatic heterocycles. The van der Waals surface area contributed by atoms with Gasteiger partial charge >= 0.3 is 0 Å². The number of rotatable bonds is 5. The lowest BCUT2D eigenvalue weighted by atomic mass is 10.2. The van der Waals surface area contributed by atoms with Gasteiger partial charge in [0.2, 0.25) is 5.91 Å². The number of carbonyl (C=O) groups excluding carboxylic acids is 1. The Morgan fingerprint density at radius 1 is 1.15 bits per heavy atom. The molecule has 0 fully saturated rings. The predicted octanol–water partition coefficient (Wildman–Crippen LogP) is 3.75. The van der Waals surface area contributed by atoms with E-state index >= 15 is 0 Å². The van der Waals surface area contributed by atoms with E-state index in [1.165, 1.54) is 4.90 Å². The van der Waals surface area contributed by atoms with Gasteiger partial charge in [0, 0.05) is 22.7 Å². The fourth-order valence-corrected chi connectivity index (χ4v) is 3.15. The van der Waals surface area contributed by atoms with Crippen molar-refractivity contribution >= 4 is 46.0 Å². The molecule has 8 heteroatoms. The molecular formula is C19H18Cl2N4O2. The van der Waals surface area contributed by atoms with Crippen molar-refractivity contribution in [1.29, 1.82) is 0 Å². The van der Waals surface area contributed by atoms with Gasteiger partial charge in [-0.25, -0.2) is 9.97 Å². The van der Waals surface area contributed by atoms with Gasteiger partial charge < -0.3 is 10.5 Å². The molecule has 0 spiro atoms. The van der Waals surface area contributed by atoms with Crippen LogP contribution < -0.4 is 15.4 Å². The first kappa shape index (κ1) is 19.4. The molecule has 0 saturated heterocycles. The van der Waals surface area contributed by atoms with Crippen LogP contribution in [0.5, 0.6) is 5.75 Å². The molecule has 0 unspecified atom stereocenters. The molecule has 6 nitrogen and oxygen atoms in total. The number of ether oxygens (including phenoxy) is 1. The Morgan fingerprint density at radius 2 is 1.81 bits per heavy atom. The molecule has 27 heavy (non-hydrogen) atoms. The highest BCUT2D eigenvalue weighted by Gasteiger charge is 2.17. The standard InChI is InChI=1S/C19H18Cl2N4O2/c1-11-19(25(2)17(26)9-22)24-18-15(23-11)7-4-8-16(18)27-10-12-13(20)5-3-6-14(12)21/h3-8H,9-10,22H2,1-2H3. The number of nitrogens with two attached hydrogens (primary N) is 1. The molecule has 1 amide bonds. The molecule has 0 radical (unpaired) electrons. The molecule has 0 atom stereocenters. The van der Waals surface area contributed by atoms with E-state index in [0.29, 0.717) is 43.9 Å². The molecule has 0 saturated carbocycles. The van der Waals surface area contributed by atoms with Gasteiger partial charge in [-0.05, 0) is 31.2 Å². The zero-order valence-corrected chi connectivity index (χ0v) is 16.4. The zero-order chi connectivity index (χ0) is 19.6. The average molecular weight is 405 g/mol. The third-order valence-electron chi connectivity index (χ3n) is 4.11. The van der Waals surface area contributed by atoms with Crippen molar-refractivity contribution in [3.8, 4) is 5.75 Å². The second-order valence-electron chi connectivity index (χ2n) is 5.90. The Labute approximate surface area is 166 Å². The van der Waals surface area contributed by atoms with Crippen LogP contribution in [-0.2, 0) is 11.4 Å². The summed E-state index contributed by atoms with van der Waals surface area (Å²) in [7, 11) is 1.62. The second-order valence-corrected chi connectivity index (χ2v) is 6.72. The summed E-state index contributed by atoms with van der Waals surface area (Å²) in [5.74, 6) is 0.698. The van der Waals surface area contributed by atoms with Crippen molar-refractivity contribution in [2.45, 2.75) is 13.5 Å². The van der Waals surface area contributed by atoms with Crippen LogP contribution in [0.3, 0.4) is 0 Å². The maximum Gasteiger partial charge on any atom is 0.241 e. The lowest BCUT2D eigenvalue weighted by molar-refractivity contribution is -0.117. The molecule has 3 aromatic rings. The highest BCUT2D eigenvalue weighted by Crippen LogP contribution is 2.30. The van der Waals surface area contributed by atoms with Crippen LogP contribution in [0, 0.1) is 6.92 Å². The molecule has 0 bridgehead atoms. The highest BCUT2D eigenvalue weighted by atomic mass is 35.5. The topological polar surface area (TPSA) is 81.3 Å². The SMILES string of the molecule is Cc1nc2cccc(OCc3c(Cl)cccc3Cl)c2nc1N(C)C(=O)CN. The van der Waals surface area contributed by atoms with Crippen molar-refractivity contribution in [3.05, 3.63) is 57.7 Å². The fourth-order valence-electron chi connectivity index (χ4n) is 2.64. The maximum absolute atomic E-state index is 11.9. The summed E-state index contributed by atoms with van der Waals surface area (Å²) in [6.45, 7) is 1.86. The van der Waals surface area contributed by atoms with Gasteiger partial charge in [-0.15, -0.1) is 0 Å². The molecule has 140 valence electrons. The second kappa shape index (κ2) is 8.08. The van der Waals surface area contributed by atoms with Crippen molar-refractivity contribution < 1.29 is 9.53 Å². The third-order valence-corrected chi connectivity index (χ3v) is 4.82. The Bertz CT molecular complexity index is 990. The van der Waals surface area contributed by atoms with Crippen LogP contribution in [0.15, 0.2) is 36.4 Å². The summed E-state index contributed by atoms with van der Waals surface area (Å²) >= 11 is 12.4. The van der Waals surface area contributed by atoms with Crippen molar-refractivity contribution in [2.75, 3.05) is 18.5 Å². The maximum atomic E-state index is 11.9. The number of fused-ring (bicyclic) bond motifs is 1. The Morgan fingerprint density at radius 3 is 2.48 bits per heavy atom. The minimum Gasteiger partial charge on any atom is -0.486 e. The fraction of sp³-hybridized carbons (Fsp3) is 0.211. The quantitative estimate of drug-likeness (QED) is 0.699. The molecule has 1 heterocycles. The van der Waals surface area contributed by atoms with E-state index in [-0.39, 0.29) is 19.1 Å². The van der Waals surface area contributed by atoms with E-state index in [1.807, 2.05) is 12.1 Å². The van der Waals surface area contributed by atoms with E-state index in [1.54, 1.807) is 38.2 Å². The van der Waals surface area contributed by atoms with Gasteiger partial charge in [0.1, 0.15) is 17.9 Å². The molecule has 1 aromatic heterocycles. The lowest BCUT2D eigenvalue weighted by Gasteiger charge is -2.18. The van der Waals surface area contributed by atoms with Crippen LogP contribution in [0.1, 0.15) is 11.3 Å². The van der Waals surface area contributed by atoms with Crippen LogP contribution in [0.25, 0.3) is 11.0 Å². The van der Waals surface area contributed by atoms with E-state index in [4.69, 9.17) is 33.7 Å². The Hall–Kier alpha value is -2.41. The number of nitrogens with zero attached hydrogens (tertiary/aromatic N) is 3. The molecule has 3 rings (SSSR count). The van der Waals surface area contributed by atoms with Crippen LogP contribution in [0.2, 0.25) is 10.0 Å². The lowest BCUT2D eigenvalue weighted by Crippen LogP contribution is -2.33. The number of aromatic nitrogens is 2. The first-order chi connectivity index (χ1) is 12.9. The number of anilines is 1.